The molecule has 0 unspecified atom stereocenters. The summed E-state index contributed by atoms with van der Waals surface area (Å²) in [7, 11) is 0. The first-order chi connectivity index (χ1) is 5.61. The van der Waals surface area contributed by atoms with Gasteiger partial charge in [-0.1, -0.05) is 0 Å². The number of nitrogens with two attached hydrogens (primary N) is 1. The number of hydrogen-bond acceptors (Lipinski definition) is 2. The van der Waals surface area contributed by atoms with Crippen molar-refractivity contribution in [2.24, 2.45) is 16.6 Å². The number of nitrogens with one attached hydrogen (secondary N) is 1. The van der Waals surface area contributed by atoms with E-state index in [4.69, 9.17) is 16.2 Å². The van der Waals surface area contributed by atoms with Crippen LogP contribution in [0.1, 0.15) is 19.3 Å². The van der Waals surface area contributed by atoms with Gasteiger partial charge >= 0.3 is 5.97 Å². The summed E-state index contributed by atoms with van der Waals surface area (Å²) < 4.78 is 0. The molecule has 66 valence electrons. The summed E-state index contributed by atoms with van der Waals surface area (Å²) in [5.74, 6) is -1.69. The predicted molar refractivity (Wildman–Crippen MR) is 44.3 cm³/mol. The standard InChI is InChI=1S/C7H11N3O2/c8-7(9)10-5-3-1-2-4(5)6(11)12/h4H,1-3H2,(H3,8,9)(H,11,12)/b10-5+/t4-/m1/s1. The van der Waals surface area contributed by atoms with Gasteiger partial charge in [-0.2, -0.15) is 0 Å². The first kappa shape index (κ1) is 8.70. The second-order valence-electron chi connectivity index (χ2n) is 2.77. The second-order valence-corrected chi connectivity index (χ2v) is 2.77. The van der Waals surface area contributed by atoms with Crippen molar-refractivity contribution < 1.29 is 9.90 Å². The third-order valence-corrected chi connectivity index (χ3v) is 1.89. The van der Waals surface area contributed by atoms with E-state index in [2.05, 4.69) is 4.99 Å². The zero-order valence-electron chi connectivity index (χ0n) is 6.58. The lowest BCUT2D eigenvalue weighted by atomic mass is 10.1. The molecule has 0 aromatic carbocycles. The van der Waals surface area contributed by atoms with Gasteiger partial charge < -0.3 is 10.8 Å². The fraction of sp³-hybridized carbons (Fsp3) is 0.571. The fourth-order valence-electron chi connectivity index (χ4n) is 1.38. The molecule has 5 nitrogen and oxygen atoms in total. The van der Waals surface area contributed by atoms with Crippen molar-refractivity contribution in [2.75, 3.05) is 0 Å². The zero-order valence-corrected chi connectivity index (χ0v) is 6.58. The van der Waals surface area contributed by atoms with Crippen LogP contribution < -0.4 is 5.73 Å². The van der Waals surface area contributed by atoms with E-state index in [1.165, 1.54) is 0 Å². The average Bonchev–Trinajstić information content (AvgIpc) is 2.33. The lowest BCUT2D eigenvalue weighted by Gasteiger charge is -2.03. The summed E-state index contributed by atoms with van der Waals surface area (Å²) >= 11 is 0. The first-order valence-electron chi connectivity index (χ1n) is 3.75. The van der Waals surface area contributed by atoms with Crippen LogP contribution in [0.5, 0.6) is 0 Å². The molecular weight excluding hydrogens is 158 g/mol. The van der Waals surface area contributed by atoms with Crippen molar-refractivity contribution in [1.82, 2.24) is 0 Å². The van der Waals surface area contributed by atoms with Gasteiger partial charge in [0.1, 0.15) is 0 Å². The molecule has 1 saturated carbocycles. The largest absolute Gasteiger partial charge is 0.481 e. The quantitative estimate of drug-likeness (QED) is 0.386. The molecule has 0 aliphatic heterocycles. The predicted octanol–water partition coefficient (Wildman–Crippen LogP) is 0.206. The maximum Gasteiger partial charge on any atom is 0.312 e. The van der Waals surface area contributed by atoms with Crippen LogP contribution in [0.3, 0.4) is 0 Å². The van der Waals surface area contributed by atoms with E-state index in [-0.39, 0.29) is 5.96 Å². The summed E-state index contributed by atoms with van der Waals surface area (Å²) in [6.07, 6.45) is 2.08. The molecule has 12 heavy (non-hydrogen) atoms. The number of carbonyl (C=O) groups is 1. The Labute approximate surface area is 69.8 Å². The van der Waals surface area contributed by atoms with Gasteiger partial charge in [0, 0.05) is 5.71 Å². The minimum atomic E-state index is -0.868. The molecule has 0 radical (unpaired) electrons. The second kappa shape index (κ2) is 3.34. The van der Waals surface area contributed by atoms with Crippen molar-refractivity contribution in [3.63, 3.8) is 0 Å². The van der Waals surface area contributed by atoms with Gasteiger partial charge in [-0.25, -0.2) is 4.99 Å². The lowest BCUT2D eigenvalue weighted by Crippen LogP contribution is -2.20. The number of nitrogens with zero attached hydrogens (tertiary/aromatic N) is 1. The highest BCUT2D eigenvalue weighted by molar-refractivity contribution is 6.07. The Bertz CT molecular complexity index is 247. The Morgan fingerprint density at radius 2 is 2.42 bits per heavy atom. The molecule has 0 aromatic heterocycles. The molecule has 1 aliphatic rings. The van der Waals surface area contributed by atoms with Crippen LogP contribution in [0.25, 0.3) is 0 Å². The third kappa shape index (κ3) is 1.81. The zero-order chi connectivity index (χ0) is 9.14. The molecule has 0 saturated heterocycles. The van der Waals surface area contributed by atoms with Gasteiger partial charge in [0.15, 0.2) is 0 Å². The number of aliphatic carboxylic acids is 1. The molecule has 0 spiro atoms. The van der Waals surface area contributed by atoms with Crippen molar-refractivity contribution in [3.05, 3.63) is 0 Å². The summed E-state index contributed by atoms with van der Waals surface area (Å²) in [6, 6.07) is 0. The van der Waals surface area contributed by atoms with Crippen LogP contribution >= 0.6 is 0 Å². The van der Waals surface area contributed by atoms with Crippen LogP contribution in [-0.4, -0.2) is 22.7 Å². The molecule has 1 aliphatic carbocycles. The first-order valence-corrected chi connectivity index (χ1v) is 3.75. The van der Waals surface area contributed by atoms with E-state index in [1.54, 1.807) is 0 Å². The maximum absolute atomic E-state index is 10.6. The van der Waals surface area contributed by atoms with Gasteiger partial charge in [-0.05, 0) is 19.3 Å². The van der Waals surface area contributed by atoms with Gasteiger partial charge in [0.2, 0.25) is 5.96 Å². The lowest BCUT2D eigenvalue weighted by molar-refractivity contribution is -0.139. The molecule has 1 fully saturated rings. The maximum atomic E-state index is 10.6. The molecule has 5 heteroatoms. The fourth-order valence-corrected chi connectivity index (χ4v) is 1.38. The molecule has 1 atom stereocenters. The highest BCUT2D eigenvalue weighted by Crippen LogP contribution is 2.22. The minimum Gasteiger partial charge on any atom is -0.481 e. The minimum absolute atomic E-state index is 0.307. The molecule has 0 bridgehead atoms. The molecular formula is C7H11N3O2. The number of carboxylic acid groups (broad SMARTS) is 1. The number of hydrogen-bond donors (Lipinski definition) is 3. The molecule has 1 rings (SSSR count). The highest BCUT2D eigenvalue weighted by atomic mass is 16.4. The average molecular weight is 169 g/mol. The van der Waals surface area contributed by atoms with Crippen molar-refractivity contribution in [1.29, 1.82) is 5.41 Å². The Morgan fingerprint density at radius 1 is 1.75 bits per heavy atom. The van der Waals surface area contributed by atoms with E-state index in [1.807, 2.05) is 0 Å². The van der Waals surface area contributed by atoms with Crippen molar-refractivity contribution in [2.45, 2.75) is 19.3 Å². The molecule has 0 amide bonds. The SMILES string of the molecule is N=C(N)/N=C1\CCC[C@H]1C(=O)O. The third-order valence-electron chi connectivity index (χ3n) is 1.89. The summed E-state index contributed by atoms with van der Waals surface area (Å²) in [4.78, 5) is 14.3. The molecule has 0 heterocycles. The van der Waals surface area contributed by atoms with Gasteiger partial charge in [0.05, 0.1) is 5.92 Å². The number of carboxylic acids is 1. The Morgan fingerprint density at radius 3 is 2.92 bits per heavy atom. The summed E-state index contributed by atoms with van der Waals surface area (Å²) in [5, 5.41) is 15.6. The van der Waals surface area contributed by atoms with Gasteiger partial charge in [-0.3, -0.25) is 10.2 Å². The monoisotopic (exact) mass is 169 g/mol. The van der Waals surface area contributed by atoms with Crippen molar-refractivity contribution in [3.8, 4) is 0 Å². The van der Waals surface area contributed by atoms with Gasteiger partial charge in [0.25, 0.3) is 0 Å². The Kier molecular flexibility index (Phi) is 2.42. The van der Waals surface area contributed by atoms with E-state index < -0.39 is 11.9 Å². The van der Waals surface area contributed by atoms with Crippen LogP contribution in [0, 0.1) is 11.3 Å². The van der Waals surface area contributed by atoms with Gasteiger partial charge in [-0.15, -0.1) is 0 Å². The van der Waals surface area contributed by atoms with Crippen molar-refractivity contribution >= 4 is 17.6 Å². The Hall–Kier alpha value is -1.39. The topological polar surface area (TPSA) is 99.5 Å². The van der Waals surface area contributed by atoms with E-state index in [0.29, 0.717) is 18.6 Å². The number of guanidine groups is 1. The number of rotatable bonds is 1. The molecule has 0 aromatic rings. The summed E-state index contributed by atoms with van der Waals surface area (Å²) in [6.45, 7) is 0. The van der Waals surface area contributed by atoms with Crippen LogP contribution in [0.15, 0.2) is 4.99 Å². The van der Waals surface area contributed by atoms with Crippen LogP contribution in [-0.2, 0) is 4.79 Å². The van der Waals surface area contributed by atoms with E-state index in [9.17, 15) is 4.79 Å². The Balaban J connectivity index is 2.76. The number of aliphatic imine (C=N–C) groups is 1. The highest BCUT2D eigenvalue weighted by Gasteiger charge is 2.28. The van der Waals surface area contributed by atoms with E-state index >= 15 is 0 Å². The van der Waals surface area contributed by atoms with Crippen LogP contribution in [0.4, 0.5) is 0 Å². The normalized spacial score (nSPS) is 26.0. The van der Waals surface area contributed by atoms with Crippen LogP contribution in [0.2, 0.25) is 0 Å². The smallest absolute Gasteiger partial charge is 0.312 e. The van der Waals surface area contributed by atoms with E-state index in [0.717, 1.165) is 6.42 Å². The summed E-state index contributed by atoms with van der Waals surface area (Å²) in [5.41, 5.74) is 5.57. The molecule has 4 N–H and O–H groups in total.